The van der Waals surface area contributed by atoms with Gasteiger partial charge in [-0.25, -0.2) is 8.42 Å². The highest BCUT2D eigenvalue weighted by atomic mass is 32.2. The van der Waals surface area contributed by atoms with E-state index in [0.717, 1.165) is 19.3 Å². The van der Waals surface area contributed by atoms with Crippen LogP contribution in [0.4, 0.5) is 0 Å². The first kappa shape index (κ1) is 16.4. The summed E-state index contributed by atoms with van der Waals surface area (Å²) in [6, 6.07) is 0.642. The summed E-state index contributed by atoms with van der Waals surface area (Å²) < 4.78 is 23.6. The van der Waals surface area contributed by atoms with Gasteiger partial charge in [-0.15, -0.1) is 0 Å². The molecule has 6 nitrogen and oxygen atoms in total. The van der Waals surface area contributed by atoms with E-state index in [1.54, 1.807) is 0 Å². The summed E-state index contributed by atoms with van der Waals surface area (Å²) >= 11 is 0. The fourth-order valence-electron chi connectivity index (χ4n) is 2.60. The van der Waals surface area contributed by atoms with Gasteiger partial charge in [0.2, 0.25) is 5.91 Å². The lowest BCUT2D eigenvalue weighted by molar-refractivity contribution is -0.117. The Labute approximate surface area is 115 Å². The summed E-state index contributed by atoms with van der Waals surface area (Å²) in [5.74, 6) is -0.659. The molecule has 1 rings (SSSR count). The second-order valence-corrected chi connectivity index (χ2v) is 7.58. The molecule has 1 saturated heterocycles. The number of carbonyl (C=O) groups excluding carboxylic acids is 1. The van der Waals surface area contributed by atoms with Gasteiger partial charge in [-0.1, -0.05) is 6.42 Å². The van der Waals surface area contributed by atoms with Crippen molar-refractivity contribution in [1.82, 2.24) is 4.90 Å². The summed E-state index contributed by atoms with van der Waals surface area (Å²) in [5.41, 5.74) is 10.7. The van der Waals surface area contributed by atoms with Gasteiger partial charge in [-0.3, -0.25) is 9.69 Å². The smallest absolute Gasteiger partial charge is 0.218 e. The third-order valence-electron chi connectivity index (χ3n) is 3.79. The van der Waals surface area contributed by atoms with Gasteiger partial charge in [0.15, 0.2) is 9.84 Å². The molecule has 0 aliphatic carbocycles. The van der Waals surface area contributed by atoms with E-state index >= 15 is 0 Å². The molecule has 1 amide bonds. The van der Waals surface area contributed by atoms with Crippen molar-refractivity contribution in [2.75, 3.05) is 24.6 Å². The van der Waals surface area contributed by atoms with Crippen LogP contribution in [0.1, 0.15) is 32.6 Å². The molecule has 19 heavy (non-hydrogen) atoms. The summed E-state index contributed by atoms with van der Waals surface area (Å²) in [6.45, 7) is 3.16. The molecule has 1 fully saturated rings. The van der Waals surface area contributed by atoms with E-state index in [-0.39, 0.29) is 24.0 Å². The first-order valence-corrected chi connectivity index (χ1v) is 8.62. The van der Waals surface area contributed by atoms with E-state index in [1.165, 1.54) is 0 Å². The molecule has 2 atom stereocenters. The van der Waals surface area contributed by atoms with Crippen molar-refractivity contribution in [2.45, 2.75) is 44.7 Å². The summed E-state index contributed by atoms with van der Waals surface area (Å²) in [6.07, 6.45) is 3.16. The highest BCUT2D eigenvalue weighted by Gasteiger charge is 2.27. The Morgan fingerprint density at radius 1 is 1.32 bits per heavy atom. The third-order valence-corrected chi connectivity index (χ3v) is 5.42. The molecule has 1 aliphatic heterocycles. The molecule has 0 spiro atoms. The number of hydrogen-bond donors (Lipinski definition) is 2. The third kappa shape index (κ3) is 5.46. The number of nitrogens with zero attached hydrogens (tertiary/aromatic N) is 1. The molecule has 2 unspecified atom stereocenters. The molecule has 0 radical (unpaired) electrons. The van der Waals surface area contributed by atoms with Crippen LogP contribution in [0.2, 0.25) is 0 Å². The van der Waals surface area contributed by atoms with Crippen molar-refractivity contribution >= 4 is 15.7 Å². The Morgan fingerprint density at radius 2 is 2.00 bits per heavy atom. The van der Waals surface area contributed by atoms with Crippen LogP contribution in [0, 0.1) is 0 Å². The van der Waals surface area contributed by atoms with Crippen LogP contribution < -0.4 is 11.5 Å². The van der Waals surface area contributed by atoms with Crippen molar-refractivity contribution in [1.29, 1.82) is 0 Å². The molecule has 1 heterocycles. The van der Waals surface area contributed by atoms with Crippen LogP contribution in [-0.4, -0.2) is 55.9 Å². The first-order chi connectivity index (χ1) is 8.85. The van der Waals surface area contributed by atoms with Gasteiger partial charge in [0.05, 0.1) is 11.5 Å². The second kappa shape index (κ2) is 7.21. The second-order valence-electron chi connectivity index (χ2n) is 5.28. The van der Waals surface area contributed by atoms with Gasteiger partial charge < -0.3 is 11.5 Å². The van der Waals surface area contributed by atoms with Crippen LogP contribution in [0.5, 0.6) is 0 Å². The van der Waals surface area contributed by atoms with Gasteiger partial charge in [0, 0.05) is 31.6 Å². The van der Waals surface area contributed by atoms with Crippen molar-refractivity contribution in [3.05, 3.63) is 0 Å². The Morgan fingerprint density at radius 3 is 2.58 bits per heavy atom. The standard InChI is InChI=1S/C12H25N3O3S/c1-10-3-2-4-11(9-13)15(10)6-8-19(17,18)7-5-12(14)16/h10-11H,2-9,13H2,1H3,(H2,14,16). The minimum atomic E-state index is -3.21. The van der Waals surface area contributed by atoms with Crippen molar-refractivity contribution < 1.29 is 13.2 Å². The van der Waals surface area contributed by atoms with Gasteiger partial charge in [0.25, 0.3) is 0 Å². The molecule has 0 saturated carbocycles. The maximum absolute atomic E-state index is 11.8. The maximum atomic E-state index is 11.8. The minimum absolute atomic E-state index is 0.0706. The van der Waals surface area contributed by atoms with Crippen molar-refractivity contribution in [3.63, 3.8) is 0 Å². The monoisotopic (exact) mass is 291 g/mol. The number of amides is 1. The van der Waals surface area contributed by atoms with E-state index < -0.39 is 15.7 Å². The van der Waals surface area contributed by atoms with E-state index in [0.29, 0.717) is 19.1 Å². The number of piperidine rings is 1. The zero-order valence-electron chi connectivity index (χ0n) is 11.5. The van der Waals surface area contributed by atoms with Crippen LogP contribution in [-0.2, 0) is 14.6 Å². The summed E-state index contributed by atoms with van der Waals surface area (Å²) in [5, 5.41) is 0. The first-order valence-electron chi connectivity index (χ1n) is 6.80. The molecule has 0 aromatic carbocycles. The average Bonchev–Trinajstić information content (AvgIpc) is 2.35. The topological polar surface area (TPSA) is 106 Å². The van der Waals surface area contributed by atoms with Crippen LogP contribution in [0.25, 0.3) is 0 Å². The fraction of sp³-hybridized carbons (Fsp3) is 0.917. The van der Waals surface area contributed by atoms with Crippen molar-refractivity contribution in [3.8, 4) is 0 Å². The molecule has 4 N–H and O–H groups in total. The molecule has 0 aromatic rings. The predicted octanol–water partition coefficient (Wildman–Crippen LogP) is -0.522. The number of nitrogens with two attached hydrogens (primary N) is 2. The largest absolute Gasteiger partial charge is 0.370 e. The number of carbonyl (C=O) groups is 1. The highest BCUT2D eigenvalue weighted by Crippen LogP contribution is 2.21. The quantitative estimate of drug-likeness (QED) is 0.656. The molecule has 7 heteroatoms. The molecular formula is C12H25N3O3S. The Hall–Kier alpha value is -0.660. The molecular weight excluding hydrogens is 266 g/mol. The number of likely N-dealkylation sites (tertiary alicyclic amines) is 1. The summed E-state index contributed by atoms with van der Waals surface area (Å²) in [7, 11) is -3.21. The molecule has 0 aromatic heterocycles. The number of rotatable bonds is 7. The lowest BCUT2D eigenvalue weighted by Crippen LogP contribution is -2.50. The normalized spacial score (nSPS) is 25.4. The number of hydrogen-bond acceptors (Lipinski definition) is 5. The Kier molecular flexibility index (Phi) is 6.22. The van der Waals surface area contributed by atoms with Gasteiger partial charge >= 0.3 is 0 Å². The number of sulfone groups is 1. The average molecular weight is 291 g/mol. The molecule has 112 valence electrons. The van der Waals surface area contributed by atoms with Gasteiger partial charge in [0.1, 0.15) is 0 Å². The predicted molar refractivity (Wildman–Crippen MR) is 75.3 cm³/mol. The Bertz CT molecular complexity index is 397. The highest BCUT2D eigenvalue weighted by molar-refractivity contribution is 7.91. The minimum Gasteiger partial charge on any atom is -0.370 e. The van der Waals surface area contributed by atoms with Crippen LogP contribution >= 0.6 is 0 Å². The zero-order valence-corrected chi connectivity index (χ0v) is 12.4. The lowest BCUT2D eigenvalue weighted by atomic mass is 9.97. The molecule has 0 bridgehead atoms. The maximum Gasteiger partial charge on any atom is 0.218 e. The van der Waals surface area contributed by atoms with Gasteiger partial charge in [-0.2, -0.15) is 0 Å². The lowest BCUT2D eigenvalue weighted by Gasteiger charge is -2.40. The van der Waals surface area contributed by atoms with E-state index in [2.05, 4.69) is 11.8 Å². The van der Waals surface area contributed by atoms with Crippen LogP contribution in [0.15, 0.2) is 0 Å². The zero-order chi connectivity index (χ0) is 14.5. The van der Waals surface area contributed by atoms with E-state index in [1.807, 2.05) is 0 Å². The van der Waals surface area contributed by atoms with E-state index in [9.17, 15) is 13.2 Å². The van der Waals surface area contributed by atoms with Gasteiger partial charge in [-0.05, 0) is 19.8 Å². The number of primary amides is 1. The van der Waals surface area contributed by atoms with Crippen molar-refractivity contribution in [2.24, 2.45) is 11.5 Å². The Balaban J connectivity index is 2.51. The van der Waals surface area contributed by atoms with Crippen LogP contribution in [0.3, 0.4) is 0 Å². The van der Waals surface area contributed by atoms with E-state index in [4.69, 9.17) is 11.5 Å². The summed E-state index contributed by atoms with van der Waals surface area (Å²) in [4.78, 5) is 12.8. The fourth-order valence-corrected chi connectivity index (χ4v) is 3.80. The SMILES string of the molecule is CC1CCCC(CN)N1CCS(=O)(=O)CCC(N)=O. The molecule has 1 aliphatic rings.